The van der Waals surface area contributed by atoms with Gasteiger partial charge in [-0.2, -0.15) is 5.10 Å². The number of rotatable bonds is 5. The minimum atomic E-state index is -0.524. The summed E-state index contributed by atoms with van der Waals surface area (Å²) in [5, 5.41) is 14.4. The molecule has 0 saturated carbocycles. The highest BCUT2D eigenvalue weighted by molar-refractivity contribution is 5.78. The third-order valence-corrected chi connectivity index (χ3v) is 4.29. The number of β-amino-alcohol motifs (C(OH)–C–C–N with tert-alkyl or cyclic N) is 1. The molecule has 1 aliphatic heterocycles. The normalized spacial score (nSPS) is 19.5. The van der Waals surface area contributed by atoms with E-state index >= 15 is 0 Å². The van der Waals surface area contributed by atoms with Gasteiger partial charge in [0.2, 0.25) is 5.91 Å². The Labute approximate surface area is 142 Å². The average Bonchev–Trinajstić information content (AvgIpc) is 2.90. The Bertz CT molecular complexity index is 671. The summed E-state index contributed by atoms with van der Waals surface area (Å²) < 4.78 is 1.75. The van der Waals surface area contributed by atoms with E-state index in [0.717, 1.165) is 12.0 Å². The van der Waals surface area contributed by atoms with Crippen molar-refractivity contribution in [3.05, 3.63) is 53.9 Å². The van der Waals surface area contributed by atoms with E-state index in [1.54, 1.807) is 15.8 Å². The number of aliphatic hydroxyl groups excluding tert-OH is 1. The molecule has 128 valence electrons. The molecule has 24 heavy (non-hydrogen) atoms. The van der Waals surface area contributed by atoms with Gasteiger partial charge in [-0.25, -0.2) is 0 Å². The van der Waals surface area contributed by atoms with Crippen LogP contribution in [0.2, 0.25) is 0 Å². The lowest BCUT2D eigenvalue weighted by Gasteiger charge is -2.21. The van der Waals surface area contributed by atoms with E-state index in [4.69, 9.17) is 0 Å². The number of hydrogen-bond acceptors (Lipinski definition) is 4. The van der Waals surface area contributed by atoms with Crippen molar-refractivity contribution in [2.24, 2.45) is 7.05 Å². The lowest BCUT2D eigenvalue weighted by Crippen LogP contribution is -2.38. The lowest BCUT2D eigenvalue weighted by molar-refractivity contribution is -0.131. The first-order chi connectivity index (χ1) is 11.6. The van der Waals surface area contributed by atoms with Gasteiger partial charge in [-0.1, -0.05) is 30.3 Å². The van der Waals surface area contributed by atoms with E-state index in [0.29, 0.717) is 32.7 Å². The standard InChI is InChI=1S/C18H24N4O2/c1-20-10-16(9-19-20)11-21-12-17(23)13-22(18(24)14-21)8-7-15-5-3-2-4-6-15/h2-6,9-10,17,23H,7-8,11-14H2,1H3. The summed E-state index contributed by atoms with van der Waals surface area (Å²) in [6, 6.07) is 10.1. The number of nitrogens with zero attached hydrogens (tertiary/aromatic N) is 4. The number of benzene rings is 1. The van der Waals surface area contributed by atoms with Crippen molar-refractivity contribution in [3.8, 4) is 0 Å². The maximum atomic E-state index is 12.5. The number of aliphatic hydroxyl groups is 1. The maximum absolute atomic E-state index is 12.5. The van der Waals surface area contributed by atoms with E-state index in [1.807, 2.05) is 36.3 Å². The quantitative estimate of drug-likeness (QED) is 0.876. The van der Waals surface area contributed by atoms with Gasteiger partial charge in [-0.3, -0.25) is 14.4 Å². The van der Waals surface area contributed by atoms with Gasteiger partial charge in [0.05, 0.1) is 18.8 Å². The van der Waals surface area contributed by atoms with Crippen LogP contribution in [0.3, 0.4) is 0 Å². The number of carbonyl (C=O) groups excluding carboxylic acids is 1. The molecule has 0 radical (unpaired) electrons. The van der Waals surface area contributed by atoms with Gasteiger partial charge >= 0.3 is 0 Å². The molecular formula is C18H24N4O2. The predicted molar refractivity (Wildman–Crippen MR) is 91.2 cm³/mol. The SMILES string of the molecule is Cn1cc(CN2CC(=O)N(CCc3ccccc3)CC(O)C2)cn1. The molecule has 1 amide bonds. The van der Waals surface area contributed by atoms with Crippen molar-refractivity contribution in [2.75, 3.05) is 26.2 Å². The summed E-state index contributed by atoms with van der Waals surface area (Å²) in [5.74, 6) is 0.0753. The summed E-state index contributed by atoms with van der Waals surface area (Å²) in [7, 11) is 1.87. The number of aromatic nitrogens is 2. The van der Waals surface area contributed by atoms with Crippen LogP contribution in [0, 0.1) is 0 Å². The highest BCUT2D eigenvalue weighted by Gasteiger charge is 2.26. The first kappa shape index (κ1) is 16.7. The van der Waals surface area contributed by atoms with Crippen LogP contribution in [0.25, 0.3) is 0 Å². The van der Waals surface area contributed by atoms with E-state index in [1.165, 1.54) is 5.56 Å². The van der Waals surface area contributed by atoms with Crippen LogP contribution >= 0.6 is 0 Å². The summed E-state index contributed by atoms with van der Waals surface area (Å²) in [4.78, 5) is 16.3. The molecule has 6 nitrogen and oxygen atoms in total. The van der Waals surface area contributed by atoms with Crippen LogP contribution in [0.5, 0.6) is 0 Å². The molecule has 1 unspecified atom stereocenters. The van der Waals surface area contributed by atoms with Crippen LogP contribution in [0.15, 0.2) is 42.7 Å². The van der Waals surface area contributed by atoms with E-state index in [9.17, 15) is 9.90 Å². The Morgan fingerprint density at radius 3 is 2.71 bits per heavy atom. The molecule has 1 fully saturated rings. The smallest absolute Gasteiger partial charge is 0.236 e. The molecule has 6 heteroatoms. The number of hydrogen-bond donors (Lipinski definition) is 1. The molecule has 1 N–H and O–H groups in total. The van der Waals surface area contributed by atoms with Gasteiger partial charge in [-0.15, -0.1) is 0 Å². The summed E-state index contributed by atoms with van der Waals surface area (Å²) in [5.41, 5.74) is 2.26. The Morgan fingerprint density at radius 2 is 2.00 bits per heavy atom. The number of aryl methyl sites for hydroxylation is 1. The van der Waals surface area contributed by atoms with E-state index in [-0.39, 0.29) is 5.91 Å². The molecule has 1 aliphatic rings. The van der Waals surface area contributed by atoms with Crippen molar-refractivity contribution < 1.29 is 9.90 Å². The molecule has 2 aromatic rings. The van der Waals surface area contributed by atoms with Crippen LogP contribution in [0.4, 0.5) is 0 Å². The Morgan fingerprint density at radius 1 is 1.21 bits per heavy atom. The van der Waals surface area contributed by atoms with E-state index in [2.05, 4.69) is 17.2 Å². The fourth-order valence-electron chi connectivity index (χ4n) is 3.12. The highest BCUT2D eigenvalue weighted by Crippen LogP contribution is 2.11. The first-order valence-corrected chi connectivity index (χ1v) is 8.30. The second-order valence-corrected chi connectivity index (χ2v) is 6.42. The second kappa shape index (κ2) is 7.59. The van der Waals surface area contributed by atoms with Crippen molar-refractivity contribution in [2.45, 2.75) is 19.1 Å². The van der Waals surface area contributed by atoms with Crippen molar-refractivity contribution in [3.63, 3.8) is 0 Å². The lowest BCUT2D eigenvalue weighted by atomic mass is 10.1. The van der Waals surface area contributed by atoms with Gasteiger partial charge in [-0.05, 0) is 12.0 Å². The zero-order valence-electron chi connectivity index (χ0n) is 14.0. The molecule has 1 atom stereocenters. The third kappa shape index (κ3) is 4.43. The molecule has 1 saturated heterocycles. The first-order valence-electron chi connectivity index (χ1n) is 8.30. The summed E-state index contributed by atoms with van der Waals surface area (Å²) in [6.07, 6.45) is 4.02. The molecule has 2 heterocycles. The molecule has 0 bridgehead atoms. The Kier molecular flexibility index (Phi) is 5.27. The van der Waals surface area contributed by atoms with Gasteiger partial charge in [0, 0.05) is 45.0 Å². The van der Waals surface area contributed by atoms with Gasteiger partial charge in [0.1, 0.15) is 0 Å². The average molecular weight is 328 g/mol. The van der Waals surface area contributed by atoms with Crippen LogP contribution in [-0.4, -0.2) is 62.9 Å². The fraction of sp³-hybridized carbons (Fsp3) is 0.444. The van der Waals surface area contributed by atoms with Crippen molar-refractivity contribution in [1.29, 1.82) is 0 Å². The van der Waals surface area contributed by atoms with Gasteiger partial charge in [0.25, 0.3) is 0 Å². The molecule has 0 spiro atoms. The molecular weight excluding hydrogens is 304 g/mol. The molecule has 1 aromatic carbocycles. The van der Waals surface area contributed by atoms with E-state index < -0.39 is 6.10 Å². The minimum absolute atomic E-state index is 0.0753. The predicted octanol–water partition coefficient (Wildman–Crippen LogP) is 0.668. The fourth-order valence-corrected chi connectivity index (χ4v) is 3.12. The highest BCUT2D eigenvalue weighted by atomic mass is 16.3. The molecule has 3 rings (SSSR count). The largest absolute Gasteiger partial charge is 0.390 e. The second-order valence-electron chi connectivity index (χ2n) is 6.42. The Balaban J connectivity index is 1.59. The number of carbonyl (C=O) groups is 1. The van der Waals surface area contributed by atoms with Crippen LogP contribution in [0.1, 0.15) is 11.1 Å². The van der Waals surface area contributed by atoms with Gasteiger partial charge in [0.15, 0.2) is 0 Å². The molecule has 1 aromatic heterocycles. The zero-order valence-corrected chi connectivity index (χ0v) is 14.0. The van der Waals surface area contributed by atoms with Crippen molar-refractivity contribution in [1.82, 2.24) is 19.6 Å². The number of amides is 1. The van der Waals surface area contributed by atoms with Gasteiger partial charge < -0.3 is 10.0 Å². The Hall–Kier alpha value is -2.18. The topological polar surface area (TPSA) is 61.6 Å². The van der Waals surface area contributed by atoms with Crippen LogP contribution < -0.4 is 0 Å². The van der Waals surface area contributed by atoms with Crippen molar-refractivity contribution >= 4 is 5.91 Å². The summed E-state index contributed by atoms with van der Waals surface area (Å²) >= 11 is 0. The molecule has 0 aliphatic carbocycles. The third-order valence-electron chi connectivity index (χ3n) is 4.29. The maximum Gasteiger partial charge on any atom is 0.236 e. The van der Waals surface area contributed by atoms with Crippen LogP contribution in [-0.2, 0) is 24.8 Å². The minimum Gasteiger partial charge on any atom is -0.390 e. The monoisotopic (exact) mass is 328 g/mol. The zero-order chi connectivity index (χ0) is 16.9. The summed E-state index contributed by atoms with van der Waals surface area (Å²) in [6.45, 7) is 2.50.